The zero-order valence-corrected chi connectivity index (χ0v) is 19.3. The van der Waals surface area contributed by atoms with Gasteiger partial charge in [-0.15, -0.1) is 11.3 Å². The Morgan fingerprint density at radius 3 is 2.56 bits per heavy atom. The minimum absolute atomic E-state index is 0.0931. The van der Waals surface area contributed by atoms with Gasteiger partial charge in [-0.3, -0.25) is 4.79 Å². The van der Waals surface area contributed by atoms with Crippen molar-refractivity contribution in [3.8, 4) is 11.5 Å². The fourth-order valence-corrected chi connectivity index (χ4v) is 5.10. The Bertz CT molecular complexity index is 1110. The van der Waals surface area contributed by atoms with Gasteiger partial charge >= 0.3 is 0 Å². The van der Waals surface area contributed by atoms with Crippen LogP contribution in [0.25, 0.3) is 0 Å². The molecule has 0 spiro atoms. The highest BCUT2D eigenvalue weighted by atomic mass is 32.1. The largest absolute Gasteiger partial charge is 0.490 e. The topological polar surface area (TPSA) is 59.9 Å². The molecule has 0 unspecified atom stereocenters. The first-order valence-corrected chi connectivity index (χ1v) is 12.0. The predicted molar refractivity (Wildman–Crippen MR) is 131 cm³/mol. The zero-order chi connectivity index (χ0) is 22.3. The zero-order valence-electron chi connectivity index (χ0n) is 18.5. The van der Waals surface area contributed by atoms with Gasteiger partial charge in [0.15, 0.2) is 11.5 Å². The molecule has 1 amide bonds. The van der Waals surface area contributed by atoms with Crippen molar-refractivity contribution >= 4 is 34.1 Å². The van der Waals surface area contributed by atoms with Crippen LogP contribution in [0.4, 0.5) is 10.7 Å². The SMILES string of the molecule is CCOc1ccc(C=Nc2sc3c(c2C(=O)Nc2ccccc2)CCCC3)cc1OCC. The van der Waals surface area contributed by atoms with Gasteiger partial charge in [0.25, 0.3) is 5.91 Å². The molecule has 1 aromatic heterocycles. The average Bonchev–Trinajstić information content (AvgIpc) is 3.19. The van der Waals surface area contributed by atoms with Gasteiger partial charge in [0, 0.05) is 16.8 Å². The number of para-hydroxylation sites is 1. The molecule has 5 nitrogen and oxygen atoms in total. The first-order valence-electron chi connectivity index (χ1n) is 11.1. The summed E-state index contributed by atoms with van der Waals surface area (Å²) in [4.78, 5) is 19.3. The molecule has 0 saturated heterocycles. The predicted octanol–water partition coefficient (Wildman–Crippen LogP) is 6.43. The summed E-state index contributed by atoms with van der Waals surface area (Å²) >= 11 is 1.63. The van der Waals surface area contributed by atoms with Gasteiger partial charge in [-0.2, -0.15) is 0 Å². The minimum atomic E-state index is -0.0931. The van der Waals surface area contributed by atoms with Crippen LogP contribution >= 0.6 is 11.3 Å². The van der Waals surface area contributed by atoms with Crippen LogP contribution < -0.4 is 14.8 Å². The summed E-state index contributed by atoms with van der Waals surface area (Å²) in [5, 5.41) is 3.80. The van der Waals surface area contributed by atoms with E-state index in [1.807, 2.05) is 62.4 Å². The molecule has 1 heterocycles. The molecular formula is C26H28N2O3S. The number of nitrogens with zero attached hydrogens (tertiary/aromatic N) is 1. The lowest BCUT2D eigenvalue weighted by atomic mass is 9.95. The second kappa shape index (κ2) is 10.5. The van der Waals surface area contributed by atoms with E-state index >= 15 is 0 Å². The molecule has 1 aliphatic carbocycles. The van der Waals surface area contributed by atoms with Crippen molar-refractivity contribution in [2.24, 2.45) is 4.99 Å². The Balaban J connectivity index is 1.65. The van der Waals surface area contributed by atoms with Crippen LogP contribution in [0, 0.1) is 0 Å². The van der Waals surface area contributed by atoms with E-state index in [0.29, 0.717) is 24.5 Å². The van der Waals surface area contributed by atoms with E-state index in [2.05, 4.69) is 5.32 Å². The molecule has 1 N–H and O–H groups in total. The monoisotopic (exact) mass is 448 g/mol. The molecule has 4 rings (SSSR count). The molecular weight excluding hydrogens is 420 g/mol. The molecule has 166 valence electrons. The summed E-state index contributed by atoms with van der Waals surface area (Å²) in [6.07, 6.45) is 6.01. The van der Waals surface area contributed by atoms with Crippen molar-refractivity contribution in [1.82, 2.24) is 0 Å². The lowest BCUT2D eigenvalue weighted by Gasteiger charge is -2.12. The first-order chi connectivity index (χ1) is 15.7. The molecule has 0 saturated carbocycles. The number of rotatable bonds is 8. The Kier molecular flexibility index (Phi) is 7.22. The van der Waals surface area contributed by atoms with Gasteiger partial charge in [0.1, 0.15) is 5.00 Å². The van der Waals surface area contributed by atoms with E-state index in [-0.39, 0.29) is 5.91 Å². The van der Waals surface area contributed by atoms with Crippen LogP contribution in [0.15, 0.2) is 53.5 Å². The third-order valence-corrected chi connectivity index (χ3v) is 6.51. The van der Waals surface area contributed by atoms with Gasteiger partial charge in [-0.25, -0.2) is 4.99 Å². The lowest BCUT2D eigenvalue weighted by molar-refractivity contribution is 0.102. The van der Waals surface area contributed by atoms with Crippen LogP contribution in [0.1, 0.15) is 53.1 Å². The van der Waals surface area contributed by atoms with E-state index in [9.17, 15) is 4.79 Å². The van der Waals surface area contributed by atoms with Crippen LogP contribution in [0.5, 0.6) is 11.5 Å². The molecule has 0 aliphatic heterocycles. The van der Waals surface area contributed by atoms with Gasteiger partial charge < -0.3 is 14.8 Å². The number of carbonyl (C=O) groups excluding carboxylic acids is 1. The summed E-state index contributed by atoms with van der Waals surface area (Å²) in [7, 11) is 0. The maximum atomic E-state index is 13.2. The van der Waals surface area contributed by atoms with Crippen molar-refractivity contribution < 1.29 is 14.3 Å². The summed E-state index contributed by atoms with van der Waals surface area (Å²) < 4.78 is 11.4. The number of amides is 1. The number of nitrogens with one attached hydrogen (secondary N) is 1. The number of thiophene rings is 1. The van der Waals surface area contributed by atoms with E-state index in [1.165, 1.54) is 4.88 Å². The fourth-order valence-electron chi connectivity index (χ4n) is 3.87. The normalized spacial score (nSPS) is 13.1. The van der Waals surface area contributed by atoms with Crippen LogP contribution in [-0.4, -0.2) is 25.3 Å². The van der Waals surface area contributed by atoms with Gasteiger partial charge in [0.05, 0.1) is 18.8 Å². The molecule has 32 heavy (non-hydrogen) atoms. The van der Waals surface area contributed by atoms with Crippen molar-refractivity contribution in [3.63, 3.8) is 0 Å². The second-order valence-corrected chi connectivity index (χ2v) is 8.63. The van der Waals surface area contributed by atoms with Crippen LogP contribution in [0.3, 0.4) is 0 Å². The maximum absolute atomic E-state index is 13.2. The Morgan fingerprint density at radius 1 is 1.03 bits per heavy atom. The lowest BCUT2D eigenvalue weighted by Crippen LogP contribution is -2.14. The molecule has 2 aromatic carbocycles. The molecule has 6 heteroatoms. The fraction of sp³-hybridized carbons (Fsp3) is 0.308. The smallest absolute Gasteiger partial charge is 0.259 e. The van der Waals surface area contributed by atoms with Crippen molar-refractivity contribution in [1.29, 1.82) is 0 Å². The number of benzene rings is 2. The molecule has 0 fully saturated rings. The first kappa shape index (κ1) is 22.1. The van der Waals surface area contributed by atoms with Crippen LogP contribution in [0.2, 0.25) is 0 Å². The van der Waals surface area contributed by atoms with Crippen molar-refractivity contribution in [2.75, 3.05) is 18.5 Å². The molecule has 0 bridgehead atoms. The number of fused-ring (bicyclic) bond motifs is 1. The number of carbonyl (C=O) groups is 1. The molecule has 3 aromatic rings. The van der Waals surface area contributed by atoms with E-state index in [4.69, 9.17) is 14.5 Å². The standard InChI is InChI=1S/C26H28N2O3S/c1-3-30-21-15-14-18(16-22(21)31-4-2)17-27-26-24(20-12-8-9-13-23(20)32-26)25(29)28-19-10-6-5-7-11-19/h5-7,10-11,14-17H,3-4,8-9,12-13H2,1-2H3,(H,28,29). The van der Waals surface area contributed by atoms with Crippen molar-refractivity contribution in [3.05, 3.63) is 70.1 Å². The van der Waals surface area contributed by atoms with Crippen molar-refractivity contribution in [2.45, 2.75) is 39.5 Å². The second-order valence-electron chi connectivity index (χ2n) is 7.54. The van der Waals surface area contributed by atoms with Crippen LogP contribution in [-0.2, 0) is 12.8 Å². The summed E-state index contributed by atoms with van der Waals surface area (Å²) in [5.74, 6) is 1.33. The summed E-state index contributed by atoms with van der Waals surface area (Å²) in [6, 6.07) is 15.3. The van der Waals surface area contributed by atoms with Gasteiger partial charge in [-0.05, 0) is 81.0 Å². The Labute approximate surface area is 193 Å². The quantitative estimate of drug-likeness (QED) is 0.404. The number of hydrogen-bond acceptors (Lipinski definition) is 5. The number of anilines is 1. The number of aliphatic imine (C=N–C) groups is 1. The molecule has 0 atom stereocenters. The number of aryl methyl sites for hydroxylation is 1. The van der Waals surface area contributed by atoms with Gasteiger partial charge in [-0.1, -0.05) is 18.2 Å². The average molecular weight is 449 g/mol. The maximum Gasteiger partial charge on any atom is 0.259 e. The highest BCUT2D eigenvalue weighted by molar-refractivity contribution is 7.16. The van der Waals surface area contributed by atoms with Gasteiger partial charge in [0.2, 0.25) is 0 Å². The van der Waals surface area contributed by atoms with E-state index < -0.39 is 0 Å². The minimum Gasteiger partial charge on any atom is -0.490 e. The number of hydrogen-bond donors (Lipinski definition) is 1. The number of ether oxygens (including phenoxy) is 2. The Morgan fingerprint density at radius 2 is 1.78 bits per heavy atom. The summed E-state index contributed by atoms with van der Waals surface area (Å²) in [6.45, 7) is 5.03. The van der Waals surface area contributed by atoms with E-state index in [1.54, 1.807) is 17.6 Å². The van der Waals surface area contributed by atoms with E-state index in [0.717, 1.165) is 53.2 Å². The molecule has 1 aliphatic rings. The third-order valence-electron chi connectivity index (χ3n) is 5.31. The third kappa shape index (κ3) is 5.02. The highest BCUT2D eigenvalue weighted by Crippen LogP contribution is 2.40. The Hall–Kier alpha value is -3.12. The summed E-state index contributed by atoms with van der Waals surface area (Å²) in [5.41, 5.74) is 3.55. The molecule has 0 radical (unpaired) electrons. The highest BCUT2D eigenvalue weighted by Gasteiger charge is 2.25.